The van der Waals surface area contributed by atoms with Gasteiger partial charge in [-0.1, -0.05) is 54.8 Å². The van der Waals surface area contributed by atoms with E-state index in [9.17, 15) is 9.59 Å². The van der Waals surface area contributed by atoms with E-state index >= 15 is 0 Å². The Morgan fingerprint density at radius 1 is 1.04 bits per heavy atom. The van der Waals surface area contributed by atoms with E-state index < -0.39 is 0 Å². The predicted octanol–water partition coefficient (Wildman–Crippen LogP) is 4.99. The molecule has 1 aromatic heterocycles. The van der Waals surface area contributed by atoms with E-state index in [1.165, 1.54) is 29.7 Å². The SMILES string of the molecule is O=C(CCC(=O)c1ccc(Cl)s1)NCC1(c2ccccc2)CCCC1. The molecule has 1 saturated carbocycles. The van der Waals surface area contributed by atoms with Gasteiger partial charge in [0, 0.05) is 24.8 Å². The molecule has 5 heteroatoms. The van der Waals surface area contributed by atoms with Crippen LogP contribution in [-0.2, 0) is 10.2 Å². The molecule has 0 unspecified atom stereocenters. The molecule has 0 atom stereocenters. The molecule has 1 aliphatic carbocycles. The molecule has 2 aromatic rings. The van der Waals surface area contributed by atoms with Crippen LogP contribution < -0.4 is 5.32 Å². The van der Waals surface area contributed by atoms with Gasteiger partial charge in [0.25, 0.3) is 0 Å². The molecule has 1 fully saturated rings. The Labute approximate surface area is 157 Å². The van der Waals surface area contributed by atoms with Crippen molar-refractivity contribution in [2.24, 2.45) is 0 Å². The second-order valence-corrected chi connectivity index (χ2v) is 8.37. The van der Waals surface area contributed by atoms with Crippen LogP contribution in [0, 0.1) is 0 Å². The Hall–Kier alpha value is -1.65. The topological polar surface area (TPSA) is 46.2 Å². The van der Waals surface area contributed by atoms with Crippen molar-refractivity contribution >= 4 is 34.6 Å². The fourth-order valence-electron chi connectivity index (χ4n) is 3.58. The normalized spacial score (nSPS) is 15.9. The number of hydrogen-bond donors (Lipinski definition) is 1. The lowest BCUT2D eigenvalue weighted by Gasteiger charge is -2.30. The summed E-state index contributed by atoms with van der Waals surface area (Å²) >= 11 is 7.11. The number of carbonyl (C=O) groups excluding carboxylic acids is 2. The van der Waals surface area contributed by atoms with Crippen LogP contribution in [0.25, 0.3) is 0 Å². The second-order valence-electron chi connectivity index (χ2n) is 6.66. The first-order valence-electron chi connectivity index (χ1n) is 8.70. The summed E-state index contributed by atoms with van der Waals surface area (Å²) in [6, 6.07) is 13.9. The number of rotatable bonds is 7. The number of benzene rings is 1. The number of carbonyl (C=O) groups is 2. The molecule has 0 radical (unpaired) electrons. The van der Waals surface area contributed by atoms with E-state index in [4.69, 9.17) is 11.6 Å². The monoisotopic (exact) mass is 375 g/mol. The molecule has 1 amide bonds. The van der Waals surface area contributed by atoms with Crippen molar-refractivity contribution in [1.82, 2.24) is 5.32 Å². The first-order valence-corrected chi connectivity index (χ1v) is 9.89. The van der Waals surface area contributed by atoms with Crippen molar-refractivity contribution < 1.29 is 9.59 Å². The van der Waals surface area contributed by atoms with Crippen LogP contribution in [0.3, 0.4) is 0 Å². The molecular formula is C20H22ClNO2S. The molecule has 1 heterocycles. The molecule has 3 nitrogen and oxygen atoms in total. The fourth-order valence-corrected chi connectivity index (χ4v) is 4.59. The summed E-state index contributed by atoms with van der Waals surface area (Å²) in [5.41, 5.74) is 1.35. The van der Waals surface area contributed by atoms with Crippen LogP contribution in [0.4, 0.5) is 0 Å². The van der Waals surface area contributed by atoms with Gasteiger partial charge in [-0.15, -0.1) is 11.3 Å². The van der Waals surface area contributed by atoms with Gasteiger partial charge in [0.15, 0.2) is 5.78 Å². The van der Waals surface area contributed by atoms with E-state index in [2.05, 4.69) is 29.6 Å². The largest absolute Gasteiger partial charge is 0.355 e. The zero-order valence-electron chi connectivity index (χ0n) is 14.1. The number of amides is 1. The highest BCUT2D eigenvalue weighted by molar-refractivity contribution is 7.18. The third-order valence-corrected chi connectivity index (χ3v) is 6.27. The van der Waals surface area contributed by atoms with E-state index in [0.29, 0.717) is 15.8 Å². The van der Waals surface area contributed by atoms with Crippen molar-refractivity contribution in [2.45, 2.75) is 43.9 Å². The van der Waals surface area contributed by atoms with Crippen LogP contribution >= 0.6 is 22.9 Å². The first-order chi connectivity index (χ1) is 12.1. The van der Waals surface area contributed by atoms with Crippen LogP contribution in [0.15, 0.2) is 42.5 Å². The molecule has 1 N–H and O–H groups in total. The number of Topliss-reactive ketones (excluding diaryl/α,β-unsaturated/α-hetero) is 1. The summed E-state index contributed by atoms with van der Waals surface area (Å²) in [6.07, 6.45) is 5.04. The Morgan fingerprint density at radius 2 is 1.76 bits per heavy atom. The van der Waals surface area contributed by atoms with Gasteiger partial charge in [-0.2, -0.15) is 0 Å². The fraction of sp³-hybridized carbons (Fsp3) is 0.400. The summed E-state index contributed by atoms with van der Waals surface area (Å²) < 4.78 is 0.596. The molecule has 0 aliphatic heterocycles. The lowest BCUT2D eigenvalue weighted by Crippen LogP contribution is -2.39. The lowest BCUT2D eigenvalue weighted by atomic mass is 9.79. The molecule has 0 spiro atoms. The molecule has 132 valence electrons. The minimum atomic E-state index is -0.0572. The quantitative estimate of drug-likeness (QED) is 0.692. The van der Waals surface area contributed by atoms with Crippen molar-refractivity contribution in [3.8, 4) is 0 Å². The third-order valence-electron chi connectivity index (χ3n) is 5.00. The lowest BCUT2D eigenvalue weighted by molar-refractivity contribution is -0.121. The Bertz CT molecular complexity index is 735. The van der Waals surface area contributed by atoms with Crippen molar-refractivity contribution in [3.05, 3.63) is 57.2 Å². The number of nitrogens with one attached hydrogen (secondary N) is 1. The second kappa shape index (κ2) is 8.15. The molecule has 0 bridgehead atoms. The van der Waals surface area contributed by atoms with Crippen molar-refractivity contribution in [3.63, 3.8) is 0 Å². The van der Waals surface area contributed by atoms with Crippen molar-refractivity contribution in [1.29, 1.82) is 0 Å². The van der Waals surface area contributed by atoms with Gasteiger partial charge in [-0.25, -0.2) is 0 Å². The van der Waals surface area contributed by atoms with Gasteiger partial charge in [0.05, 0.1) is 9.21 Å². The van der Waals surface area contributed by atoms with Crippen molar-refractivity contribution in [2.75, 3.05) is 6.54 Å². The van der Waals surface area contributed by atoms with Crippen LogP contribution in [0.1, 0.15) is 53.8 Å². The first kappa shape index (κ1) is 18.2. The van der Waals surface area contributed by atoms with Gasteiger partial charge >= 0.3 is 0 Å². The zero-order valence-corrected chi connectivity index (χ0v) is 15.7. The van der Waals surface area contributed by atoms with Gasteiger partial charge in [-0.3, -0.25) is 9.59 Å². The molecular weight excluding hydrogens is 354 g/mol. The van der Waals surface area contributed by atoms with Crippen LogP contribution in [0.5, 0.6) is 0 Å². The highest BCUT2D eigenvalue weighted by Gasteiger charge is 2.35. The minimum absolute atomic E-state index is 0.0225. The van der Waals surface area contributed by atoms with Gasteiger partial charge < -0.3 is 5.32 Å². The summed E-state index contributed by atoms with van der Waals surface area (Å²) in [5, 5.41) is 3.06. The van der Waals surface area contributed by atoms with E-state index in [-0.39, 0.29) is 29.9 Å². The van der Waals surface area contributed by atoms with Crippen LogP contribution in [0.2, 0.25) is 4.34 Å². The third kappa shape index (κ3) is 4.50. The molecule has 25 heavy (non-hydrogen) atoms. The zero-order chi connectivity index (χ0) is 17.7. The summed E-state index contributed by atoms with van der Waals surface area (Å²) in [7, 11) is 0. The maximum absolute atomic E-state index is 12.2. The molecule has 1 aromatic carbocycles. The van der Waals surface area contributed by atoms with E-state index in [1.54, 1.807) is 12.1 Å². The molecule has 1 aliphatic rings. The predicted molar refractivity (Wildman–Crippen MR) is 102 cm³/mol. The highest BCUT2D eigenvalue weighted by Crippen LogP contribution is 2.40. The smallest absolute Gasteiger partial charge is 0.220 e. The highest BCUT2D eigenvalue weighted by atomic mass is 35.5. The standard InChI is InChI=1S/C20H22ClNO2S/c21-18-10-9-17(25-18)16(23)8-11-19(24)22-14-20(12-4-5-13-20)15-6-2-1-3-7-15/h1-3,6-7,9-10H,4-5,8,11-14H2,(H,22,24). The van der Waals surface area contributed by atoms with Gasteiger partial charge in [0.1, 0.15) is 0 Å². The molecule has 3 rings (SSSR count). The number of hydrogen-bond acceptors (Lipinski definition) is 3. The Kier molecular flexibility index (Phi) is 5.92. The Balaban J connectivity index is 1.53. The average Bonchev–Trinajstić information content (AvgIpc) is 3.28. The van der Waals surface area contributed by atoms with Gasteiger partial charge in [-0.05, 0) is 30.5 Å². The molecule has 0 saturated heterocycles. The van der Waals surface area contributed by atoms with Crippen LogP contribution in [-0.4, -0.2) is 18.2 Å². The van der Waals surface area contributed by atoms with E-state index in [0.717, 1.165) is 12.8 Å². The number of halogens is 1. The maximum Gasteiger partial charge on any atom is 0.220 e. The Morgan fingerprint density at radius 3 is 2.40 bits per heavy atom. The van der Waals surface area contributed by atoms with Gasteiger partial charge in [0.2, 0.25) is 5.91 Å². The average molecular weight is 376 g/mol. The van der Waals surface area contributed by atoms with E-state index in [1.807, 2.05) is 6.07 Å². The number of ketones is 1. The summed E-state index contributed by atoms with van der Waals surface area (Å²) in [4.78, 5) is 24.9. The summed E-state index contributed by atoms with van der Waals surface area (Å²) in [5.74, 6) is -0.0797. The minimum Gasteiger partial charge on any atom is -0.355 e. The number of thiophene rings is 1. The summed E-state index contributed by atoms with van der Waals surface area (Å²) in [6.45, 7) is 0.648. The maximum atomic E-state index is 12.2.